The Hall–Kier alpha value is -1.07. The average Bonchev–Trinajstić information content (AvgIpc) is 2.29. The second-order valence-corrected chi connectivity index (χ2v) is 8.77. The Morgan fingerprint density at radius 3 is 2.88 bits per heavy atom. The van der Waals surface area contributed by atoms with E-state index < -0.39 is 7.26 Å². The summed E-state index contributed by atoms with van der Waals surface area (Å²) in [7, 11) is -1.13. The number of para-hydroxylation sites is 1. The van der Waals surface area contributed by atoms with Crippen LogP contribution in [0, 0.1) is 0 Å². The molecule has 0 spiro atoms. The van der Waals surface area contributed by atoms with E-state index in [1.807, 2.05) is 0 Å². The van der Waals surface area contributed by atoms with Crippen molar-refractivity contribution in [2.75, 3.05) is 18.6 Å². The van der Waals surface area contributed by atoms with Crippen molar-refractivity contribution < 1.29 is 0 Å². The second kappa shape index (κ2) is 3.46. The minimum Gasteiger partial charge on any atom is -0.352 e. The van der Waals surface area contributed by atoms with Crippen molar-refractivity contribution in [2.45, 2.75) is 12.8 Å². The standard InChI is InChI=1S/C14H17NP/c1-16(2)13-9-5-3-7-11(13)15-12-8-4-6-10-14(12)16/h3,5-7,9-10,15H,4,8H2,1-2H3/q+1. The number of nitrogens with one attached hydrogen (secondary N) is 1. The van der Waals surface area contributed by atoms with Crippen molar-refractivity contribution in [3.05, 3.63) is 47.4 Å². The van der Waals surface area contributed by atoms with Gasteiger partial charge in [0.05, 0.1) is 32.0 Å². The maximum Gasteiger partial charge on any atom is 0.122 e. The van der Waals surface area contributed by atoms with E-state index in [2.05, 4.69) is 55.1 Å². The number of hydrogen-bond donors (Lipinski definition) is 1. The molecule has 0 unspecified atom stereocenters. The molecule has 1 heterocycles. The van der Waals surface area contributed by atoms with Crippen molar-refractivity contribution in [3.8, 4) is 0 Å². The first-order chi connectivity index (χ1) is 7.69. The zero-order valence-electron chi connectivity index (χ0n) is 9.83. The smallest absolute Gasteiger partial charge is 0.122 e. The van der Waals surface area contributed by atoms with Crippen molar-refractivity contribution >= 4 is 18.3 Å². The van der Waals surface area contributed by atoms with Gasteiger partial charge >= 0.3 is 0 Å². The Morgan fingerprint density at radius 2 is 2.00 bits per heavy atom. The lowest BCUT2D eigenvalue weighted by molar-refractivity contribution is 0.959. The van der Waals surface area contributed by atoms with E-state index in [1.54, 1.807) is 5.31 Å². The summed E-state index contributed by atoms with van der Waals surface area (Å²) in [5.41, 5.74) is 2.79. The largest absolute Gasteiger partial charge is 0.352 e. The van der Waals surface area contributed by atoms with E-state index in [4.69, 9.17) is 0 Å². The van der Waals surface area contributed by atoms with Gasteiger partial charge in [-0.15, -0.1) is 0 Å². The zero-order valence-corrected chi connectivity index (χ0v) is 10.7. The third-order valence-electron chi connectivity index (χ3n) is 3.54. The topological polar surface area (TPSA) is 12.0 Å². The number of benzene rings is 1. The van der Waals surface area contributed by atoms with E-state index in [1.165, 1.54) is 29.5 Å². The number of fused-ring (bicyclic) bond motifs is 1. The molecule has 2 heteroatoms. The molecule has 0 atom stereocenters. The lowest BCUT2D eigenvalue weighted by atomic mass is 10.1. The molecule has 16 heavy (non-hydrogen) atoms. The molecule has 0 radical (unpaired) electrons. The molecule has 0 amide bonds. The van der Waals surface area contributed by atoms with Gasteiger partial charge in [0.1, 0.15) is 10.6 Å². The van der Waals surface area contributed by atoms with Gasteiger partial charge in [-0.25, -0.2) is 0 Å². The molecule has 1 aliphatic carbocycles. The molecule has 0 saturated heterocycles. The van der Waals surface area contributed by atoms with Crippen LogP contribution in [0.25, 0.3) is 0 Å². The summed E-state index contributed by atoms with van der Waals surface area (Å²) in [6.07, 6.45) is 7.00. The van der Waals surface area contributed by atoms with Crippen LogP contribution in [-0.2, 0) is 0 Å². The van der Waals surface area contributed by atoms with Gasteiger partial charge in [0.15, 0.2) is 0 Å². The molecule has 1 aliphatic heterocycles. The summed E-state index contributed by atoms with van der Waals surface area (Å²) in [5, 5.41) is 6.69. The maximum absolute atomic E-state index is 3.61. The van der Waals surface area contributed by atoms with Crippen LogP contribution in [0.4, 0.5) is 5.69 Å². The molecular formula is C14H17NP+. The zero-order chi connectivity index (χ0) is 11.2. The predicted molar refractivity (Wildman–Crippen MR) is 73.9 cm³/mol. The molecule has 1 nitrogen and oxygen atoms in total. The van der Waals surface area contributed by atoms with Crippen LogP contribution in [0.3, 0.4) is 0 Å². The minimum absolute atomic E-state index is 1.13. The number of allylic oxidation sites excluding steroid dienone is 4. The van der Waals surface area contributed by atoms with Crippen molar-refractivity contribution in [1.82, 2.24) is 0 Å². The van der Waals surface area contributed by atoms with Crippen LogP contribution >= 0.6 is 7.26 Å². The minimum atomic E-state index is -1.13. The number of hydrogen-bond acceptors (Lipinski definition) is 1. The molecule has 1 aromatic rings. The number of anilines is 1. The fraction of sp³-hybridized carbons (Fsp3) is 0.286. The lowest BCUT2D eigenvalue weighted by Gasteiger charge is -2.31. The summed E-state index contributed by atoms with van der Waals surface area (Å²) >= 11 is 0. The number of rotatable bonds is 0. The van der Waals surface area contributed by atoms with Gasteiger partial charge in [-0.2, -0.15) is 0 Å². The molecule has 2 aliphatic rings. The summed E-state index contributed by atoms with van der Waals surface area (Å²) in [6.45, 7) is 4.86. The molecule has 0 saturated carbocycles. The van der Waals surface area contributed by atoms with E-state index in [0.717, 1.165) is 0 Å². The Morgan fingerprint density at radius 1 is 1.19 bits per heavy atom. The predicted octanol–water partition coefficient (Wildman–Crippen LogP) is 3.58. The van der Waals surface area contributed by atoms with Gasteiger partial charge in [0, 0.05) is 0 Å². The van der Waals surface area contributed by atoms with Gasteiger partial charge < -0.3 is 5.32 Å². The molecule has 0 aromatic heterocycles. The fourth-order valence-corrected chi connectivity index (χ4v) is 5.43. The van der Waals surface area contributed by atoms with Crippen LogP contribution in [0.2, 0.25) is 0 Å². The highest BCUT2D eigenvalue weighted by molar-refractivity contribution is 7.86. The third-order valence-corrected chi connectivity index (χ3v) is 6.76. The molecule has 0 fully saturated rings. The van der Waals surface area contributed by atoms with Crippen LogP contribution < -0.4 is 10.6 Å². The summed E-state index contributed by atoms with van der Waals surface area (Å²) in [5.74, 6) is 0. The molecule has 3 rings (SSSR count). The fourth-order valence-electron chi connectivity index (χ4n) is 2.66. The van der Waals surface area contributed by atoms with E-state index >= 15 is 0 Å². The van der Waals surface area contributed by atoms with Gasteiger partial charge in [-0.1, -0.05) is 18.2 Å². The highest BCUT2D eigenvalue weighted by Gasteiger charge is 2.41. The lowest BCUT2D eigenvalue weighted by Crippen LogP contribution is -2.24. The maximum atomic E-state index is 3.61. The van der Waals surface area contributed by atoms with Gasteiger partial charge in [-0.05, 0) is 31.1 Å². The van der Waals surface area contributed by atoms with Crippen LogP contribution in [0.15, 0.2) is 47.4 Å². The van der Waals surface area contributed by atoms with E-state index in [9.17, 15) is 0 Å². The van der Waals surface area contributed by atoms with Crippen molar-refractivity contribution in [2.24, 2.45) is 0 Å². The van der Waals surface area contributed by atoms with Crippen molar-refractivity contribution in [3.63, 3.8) is 0 Å². The highest BCUT2D eigenvalue weighted by Crippen LogP contribution is 2.63. The van der Waals surface area contributed by atoms with Crippen molar-refractivity contribution in [1.29, 1.82) is 0 Å². The Labute approximate surface area is 97.6 Å². The SMILES string of the molecule is C[P+]1(C)C2=C(CCC=C2)Nc2ccccc21. The van der Waals surface area contributed by atoms with Crippen LogP contribution in [-0.4, -0.2) is 13.3 Å². The van der Waals surface area contributed by atoms with Gasteiger partial charge in [0.2, 0.25) is 0 Å². The Bertz CT molecular complexity index is 497. The monoisotopic (exact) mass is 230 g/mol. The quantitative estimate of drug-likeness (QED) is 0.672. The first kappa shape index (κ1) is 10.1. The van der Waals surface area contributed by atoms with E-state index in [0.29, 0.717) is 0 Å². The third kappa shape index (κ3) is 1.35. The summed E-state index contributed by atoms with van der Waals surface area (Å²) in [4.78, 5) is 0. The highest BCUT2D eigenvalue weighted by atomic mass is 31.2. The Kier molecular flexibility index (Phi) is 2.19. The van der Waals surface area contributed by atoms with Crippen LogP contribution in [0.1, 0.15) is 12.8 Å². The molecule has 0 bridgehead atoms. The van der Waals surface area contributed by atoms with E-state index in [-0.39, 0.29) is 0 Å². The molecule has 82 valence electrons. The molecule has 1 aromatic carbocycles. The first-order valence-corrected chi connectivity index (χ1v) is 8.49. The summed E-state index contributed by atoms with van der Waals surface area (Å²) in [6, 6.07) is 8.76. The van der Waals surface area contributed by atoms with Gasteiger partial charge in [0.25, 0.3) is 0 Å². The molecule has 1 N–H and O–H groups in total. The second-order valence-electron chi connectivity index (χ2n) is 4.90. The first-order valence-electron chi connectivity index (χ1n) is 5.80. The summed E-state index contributed by atoms with van der Waals surface area (Å²) < 4.78 is 0. The average molecular weight is 230 g/mol. The molecular weight excluding hydrogens is 213 g/mol. The normalized spacial score (nSPS) is 21.1. The van der Waals surface area contributed by atoms with Gasteiger partial charge in [-0.3, -0.25) is 0 Å². The Balaban J connectivity index is 2.20. The van der Waals surface area contributed by atoms with Crippen LogP contribution in [0.5, 0.6) is 0 Å².